The van der Waals surface area contributed by atoms with Crippen LogP contribution in [0, 0.1) is 5.92 Å². The molecule has 0 saturated carbocycles. The van der Waals surface area contributed by atoms with Crippen molar-refractivity contribution >= 4 is 11.6 Å². The van der Waals surface area contributed by atoms with Crippen molar-refractivity contribution in [2.45, 2.75) is 38.4 Å². The molecular formula is C25H26ClN. The average molecular weight is 376 g/mol. The second-order valence-corrected chi connectivity index (χ2v) is 8.01. The van der Waals surface area contributed by atoms with E-state index in [4.69, 9.17) is 11.6 Å². The van der Waals surface area contributed by atoms with Gasteiger partial charge in [-0.3, -0.25) is 4.90 Å². The number of piperidine rings is 1. The minimum absolute atomic E-state index is 0.390. The van der Waals surface area contributed by atoms with Crippen LogP contribution in [0.5, 0.6) is 0 Å². The lowest BCUT2D eigenvalue weighted by atomic mass is 9.80. The molecule has 1 fully saturated rings. The Bertz CT molecular complexity index is 862. The van der Waals surface area contributed by atoms with Gasteiger partial charge in [0.1, 0.15) is 0 Å². The van der Waals surface area contributed by atoms with E-state index in [0.717, 1.165) is 11.6 Å². The summed E-state index contributed by atoms with van der Waals surface area (Å²) in [5, 5.41) is 0.856. The van der Waals surface area contributed by atoms with Crippen LogP contribution in [-0.2, 0) is 6.54 Å². The van der Waals surface area contributed by atoms with E-state index in [9.17, 15) is 0 Å². The molecule has 1 saturated heterocycles. The highest BCUT2D eigenvalue weighted by Crippen LogP contribution is 2.45. The zero-order chi connectivity index (χ0) is 18.6. The topological polar surface area (TPSA) is 3.24 Å². The predicted molar refractivity (Wildman–Crippen MR) is 114 cm³/mol. The molecule has 1 aliphatic heterocycles. The highest BCUT2D eigenvalue weighted by atomic mass is 35.5. The summed E-state index contributed by atoms with van der Waals surface area (Å²) < 4.78 is 0. The fourth-order valence-corrected chi connectivity index (χ4v) is 4.70. The van der Waals surface area contributed by atoms with Crippen molar-refractivity contribution in [3.63, 3.8) is 0 Å². The van der Waals surface area contributed by atoms with Gasteiger partial charge in [-0.2, -0.15) is 0 Å². The Morgan fingerprint density at radius 1 is 0.778 bits per heavy atom. The predicted octanol–water partition coefficient (Wildman–Crippen LogP) is 7.05. The highest BCUT2D eigenvalue weighted by Gasteiger charge is 2.36. The van der Waals surface area contributed by atoms with Gasteiger partial charge >= 0.3 is 0 Å². The van der Waals surface area contributed by atoms with Gasteiger partial charge in [-0.15, -0.1) is 0 Å². The van der Waals surface area contributed by atoms with Gasteiger partial charge in [-0.05, 0) is 41.5 Å². The molecule has 1 aliphatic rings. The molecule has 4 rings (SSSR count). The molecule has 0 unspecified atom stereocenters. The van der Waals surface area contributed by atoms with Crippen molar-refractivity contribution in [3.05, 3.63) is 107 Å². The van der Waals surface area contributed by atoms with E-state index in [1.807, 2.05) is 12.1 Å². The van der Waals surface area contributed by atoms with Crippen LogP contribution in [0.1, 0.15) is 48.5 Å². The summed E-state index contributed by atoms with van der Waals surface area (Å²) in [4.78, 5) is 2.67. The molecule has 0 spiro atoms. The lowest BCUT2D eigenvalue weighted by Gasteiger charge is -2.46. The molecule has 1 heterocycles. The third-order valence-electron chi connectivity index (χ3n) is 5.83. The third kappa shape index (κ3) is 3.95. The fourth-order valence-electron chi connectivity index (χ4n) is 4.50. The number of nitrogens with zero attached hydrogens (tertiary/aromatic N) is 1. The first kappa shape index (κ1) is 18.3. The van der Waals surface area contributed by atoms with Gasteiger partial charge in [0, 0.05) is 23.7 Å². The van der Waals surface area contributed by atoms with Crippen LogP contribution in [0.25, 0.3) is 0 Å². The monoisotopic (exact) mass is 375 g/mol. The van der Waals surface area contributed by atoms with Crippen LogP contribution < -0.4 is 0 Å². The smallest absolute Gasteiger partial charge is 0.0451 e. The zero-order valence-corrected chi connectivity index (χ0v) is 16.5. The van der Waals surface area contributed by atoms with Crippen molar-refractivity contribution in [3.8, 4) is 0 Å². The number of rotatable bonds is 4. The molecule has 0 N–H and O–H groups in total. The third-order valence-corrected chi connectivity index (χ3v) is 6.20. The van der Waals surface area contributed by atoms with Gasteiger partial charge in [0.05, 0.1) is 0 Å². The van der Waals surface area contributed by atoms with Crippen molar-refractivity contribution in [1.82, 2.24) is 4.90 Å². The first-order valence-electron chi connectivity index (χ1n) is 9.83. The Hall–Kier alpha value is -2.09. The van der Waals surface area contributed by atoms with E-state index in [-0.39, 0.29) is 0 Å². The molecule has 1 nitrogen and oxygen atoms in total. The summed E-state index contributed by atoms with van der Waals surface area (Å²) in [6, 6.07) is 30.9. The molecule has 0 bridgehead atoms. The molecule has 3 atom stereocenters. The lowest BCUT2D eigenvalue weighted by molar-refractivity contribution is 0.0357. The lowest BCUT2D eigenvalue weighted by Crippen LogP contribution is -2.40. The maximum atomic E-state index is 6.54. The summed E-state index contributed by atoms with van der Waals surface area (Å²) in [6.07, 6.45) is 2.41. The zero-order valence-electron chi connectivity index (χ0n) is 15.8. The van der Waals surface area contributed by atoms with E-state index in [0.29, 0.717) is 18.0 Å². The second-order valence-electron chi connectivity index (χ2n) is 7.60. The Morgan fingerprint density at radius 3 is 2.04 bits per heavy atom. The van der Waals surface area contributed by atoms with Gasteiger partial charge in [-0.1, -0.05) is 97.4 Å². The van der Waals surface area contributed by atoms with Crippen LogP contribution in [0.3, 0.4) is 0 Å². The molecule has 27 heavy (non-hydrogen) atoms. The quantitative estimate of drug-likeness (QED) is 0.472. The van der Waals surface area contributed by atoms with Gasteiger partial charge in [-0.25, -0.2) is 0 Å². The number of hydrogen-bond donors (Lipinski definition) is 0. The van der Waals surface area contributed by atoms with Crippen LogP contribution in [0.15, 0.2) is 84.9 Å². The first-order valence-corrected chi connectivity index (χ1v) is 10.2. The Labute approximate surface area is 167 Å². The number of hydrogen-bond acceptors (Lipinski definition) is 1. The first-order chi connectivity index (χ1) is 13.2. The maximum Gasteiger partial charge on any atom is 0.0451 e. The Morgan fingerprint density at radius 2 is 1.37 bits per heavy atom. The molecule has 2 heteroatoms. The van der Waals surface area contributed by atoms with Gasteiger partial charge < -0.3 is 0 Å². The highest BCUT2D eigenvalue weighted by molar-refractivity contribution is 6.31. The fraction of sp³-hybridized carbons (Fsp3) is 0.280. The van der Waals surface area contributed by atoms with Gasteiger partial charge in [0.2, 0.25) is 0 Å². The summed E-state index contributed by atoms with van der Waals surface area (Å²) in [7, 11) is 0. The minimum Gasteiger partial charge on any atom is -0.285 e. The largest absolute Gasteiger partial charge is 0.285 e. The summed E-state index contributed by atoms with van der Waals surface area (Å²) >= 11 is 6.54. The summed E-state index contributed by atoms with van der Waals surface area (Å²) in [5.41, 5.74) is 4.00. The standard InChI is InChI=1S/C25H26ClN/c1-19-16-17-24(20-10-4-2-5-11-20)27(18-22-14-8-9-15-23(22)26)25(19)21-12-6-3-7-13-21/h2-15,19,24-25H,16-18H2,1H3/t19-,24+,25-/m1/s1. The van der Waals surface area contributed by atoms with Gasteiger partial charge in [0.25, 0.3) is 0 Å². The van der Waals surface area contributed by atoms with Crippen molar-refractivity contribution < 1.29 is 0 Å². The van der Waals surface area contributed by atoms with E-state index in [1.54, 1.807) is 0 Å². The van der Waals surface area contributed by atoms with Crippen LogP contribution in [0.2, 0.25) is 5.02 Å². The summed E-state index contributed by atoms with van der Waals surface area (Å²) in [5.74, 6) is 0.606. The normalized spacial score (nSPS) is 23.3. The maximum absolute atomic E-state index is 6.54. The van der Waals surface area contributed by atoms with E-state index >= 15 is 0 Å². The molecule has 0 aromatic heterocycles. The molecule has 3 aromatic rings. The second kappa shape index (κ2) is 8.29. The van der Waals surface area contributed by atoms with E-state index in [1.165, 1.54) is 29.5 Å². The molecule has 138 valence electrons. The number of halogens is 1. The molecule has 0 radical (unpaired) electrons. The van der Waals surface area contributed by atoms with Gasteiger partial charge in [0.15, 0.2) is 0 Å². The van der Waals surface area contributed by atoms with Crippen LogP contribution in [-0.4, -0.2) is 4.90 Å². The van der Waals surface area contributed by atoms with E-state index < -0.39 is 0 Å². The van der Waals surface area contributed by atoms with E-state index in [2.05, 4.69) is 84.6 Å². The molecule has 0 amide bonds. The van der Waals surface area contributed by atoms with Crippen molar-refractivity contribution in [2.24, 2.45) is 5.92 Å². The van der Waals surface area contributed by atoms with Crippen molar-refractivity contribution in [1.29, 1.82) is 0 Å². The van der Waals surface area contributed by atoms with Crippen molar-refractivity contribution in [2.75, 3.05) is 0 Å². The number of benzene rings is 3. The van der Waals surface area contributed by atoms with Crippen LogP contribution in [0.4, 0.5) is 0 Å². The molecular weight excluding hydrogens is 350 g/mol. The minimum atomic E-state index is 0.390. The number of likely N-dealkylation sites (tertiary alicyclic amines) is 1. The Balaban J connectivity index is 1.76. The molecule has 3 aromatic carbocycles. The molecule has 0 aliphatic carbocycles. The average Bonchev–Trinajstić information content (AvgIpc) is 2.71. The Kier molecular flexibility index (Phi) is 5.61. The van der Waals surface area contributed by atoms with Crippen LogP contribution >= 0.6 is 11.6 Å². The SMILES string of the molecule is C[C@@H]1CC[C@@H](c2ccccc2)N(Cc2ccccc2Cl)[C@H]1c1ccccc1. The summed E-state index contributed by atoms with van der Waals surface area (Å²) in [6.45, 7) is 3.25.